The van der Waals surface area contributed by atoms with Crippen molar-refractivity contribution in [2.24, 2.45) is 0 Å². The van der Waals surface area contributed by atoms with Crippen LogP contribution in [0.2, 0.25) is 0 Å². The summed E-state index contributed by atoms with van der Waals surface area (Å²) >= 11 is 0. The molecule has 0 saturated heterocycles. The van der Waals surface area contributed by atoms with Crippen molar-refractivity contribution in [1.29, 1.82) is 0 Å². The second kappa shape index (κ2) is 10.6. The smallest absolute Gasteiger partial charge is 0.135 e. The van der Waals surface area contributed by atoms with E-state index < -0.39 is 0 Å². The average molecular weight is 639 g/mol. The molecule has 234 valence electrons. The van der Waals surface area contributed by atoms with Crippen molar-refractivity contribution in [3.05, 3.63) is 181 Å². The average Bonchev–Trinajstić information content (AvgIpc) is 3.72. The Balaban J connectivity index is 0.970. The van der Waals surface area contributed by atoms with Crippen molar-refractivity contribution in [2.75, 3.05) is 0 Å². The van der Waals surface area contributed by atoms with Gasteiger partial charge in [0.25, 0.3) is 0 Å². The van der Waals surface area contributed by atoms with E-state index in [4.69, 9.17) is 9.15 Å². The Bertz CT molecular complexity index is 2920. The third-order valence-corrected chi connectivity index (χ3v) is 10.8. The predicted octanol–water partition coefficient (Wildman–Crippen LogP) is 12.9. The molecule has 2 aliphatic rings. The Hall–Kier alpha value is -6.38. The molecule has 0 N–H and O–H groups in total. The van der Waals surface area contributed by atoms with Gasteiger partial charge in [-0.3, -0.25) is 0 Å². The zero-order valence-electron chi connectivity index (χ0n) is 27.1. The van der Waals surface area contributed by atoms with E-state index in [9.17, 15) is 0 Å². The summed E-state index contributed by atoms with van der Waals surface area (Å²) in [6.45, 7) is 0. The monoisotopic (exact) mass is 638 g/mol. The molecule has 0 radical (unpaired) electrons. The van der Waals surface area contributed by atoms with E-state index in [2.05, 4.69) is 170 Å². The number of hydrogen-bond donors (Lipinski definition) is 0. The lowest BCUT2D eigenvalue weighted by Crippen LogP contribution is -2.16. The van der Waals surface area contributed by atoms with E-state index >= 15 is 0 Å². The highest BCUT2D eigenvalue weighted by molar-refractivity contribution is 6.14. The summed E-state index contributed by atoms with van der Waals surface area (Å²) in [4.78, 5) is 0. The quantitative estimate of drug-likeness (QED) is 0.180. The van der Waals surface area contributed by atoms with Gasteiger partial charge in [0.15, 0.2) is 0 Å². The number of allylic oxidation sites excluding steroid dienone is 2. The lowest BCUT2D eigenvalue weighted by molar-refractivity contribution is 0.269. The van der Waals surface area contributed by atoms with E-state index in [1.165, 1.54) is 71.3 Å². The zero-order valence-corrected chi connectivity index (χ0v) is 27.1. The Labute approximate surface area is 289 Å². The SMILES string of the molecule is C1=CC2Oc3cc4c(cc3C2C=C1c1cccc(-c2cc3ccccc3c3ccccc23)c1)oc1ccc(-c2ccc3ccccc3c2)cc14. The molecule has 50 heavy (non-hydrogen) atoms. The molecule has 9 aromatic rings. The maximum absolute atomic E-state index is 6.59. The van der Waals surface area contributed by atoms with E-state index in [-0.39, 0.29) is 12.0 Å². The minimum atomic E-state index is -0.0349. The minimum Gasteiger partial charge on any atom is -0.485 e. The highest BCUT2D eigenvalue weighted by Gasteiger charge is 2.34. The lowest BCUT2D eigenvalue weighted by atomic mass is 9.85. The highest BCUT2D eigenvalue weighted by atomic mass is 16.5. The first-order valence-corrected chi connectivity index (χ1v) is 17.3. The van der Waals surface area contributed by atoms with E-state index in [0.29, 0.717) is 0 Å². The first-order valence-electron chi connectivity index (χ1n) is 17.3. The van der Waals surface area contributed by atoms with Crippen molar-refractivity contribution in [1.82, 2.24) is 0 Å². The predicted molar refractivity (Wildman–Crippen MR) is 208 cm³/mol. The number of benzene rings is 8. The van der Waals surface area contributed by atoms with Crippen LogP contribution in [-0.2, 0) is 0 Å². The van der Waals surface area contributed by atoms with Crippen LogP contribution in [0.15, 0.2) is 174 Å². The van der Waals surface area contributed by atoms with Gasteiger partial charge in [-0.25, -0.2) is 0 Å². The number of hydrogen-bond acceptors (Lipinski definition) is 2. The summed E-state index contributed by atoms with van der Waals surface area (Å²) in [5.74, 6) is 1.05. The molecule has 0 fully saturated rings. The number of rotatable bonds is 3. The summed E-state index contributed by atoms with van der Waals surface area (Å²) in [5, 5.41) is 9.79. The van der Waals surface area contributed by atoms with Gasteiger partial charge in [-0.1, -0.05) is 121 Å². The summed E-state index contributed by atoms with van der Waals surface area (Å²) in [6.07, 6.45) is 6.78. The van der Waals surface area contributed by atoms with Gasteiger partial charge >= 0.3 is 0 Å². The van der Waals surface area contributed by atoms with Gasteiger partial charge < -0.3 is 9.15 Å². The molecule has 2 heteroatoms. The Morgan fingerprint density at radius 3 is 2.10 bits per heavy atom. The van der Waals surface area contributed by atoms with Crippen molar-refractivity contribution >= 4 is 59.8 Å². The normalized spacial score (nSPS) is 16.6. The van der Waals surface area contributed by atoms with Crippen LogP contribution < -0.4 is 4.74 Å². The van der Waals surface area contributed by atoms with Crippen molar-refractivity contribution < 1.29 is 9.15 Å². The maximum Gasteiger partial charge on any atom is 0.135 e. The summed E-state index contributed by atoms with van der Waals surface area (Å²) in [7, 11) is 0. The van der Waals surface area contributed by atoms with Gasteiger partial charge in [-0.15, -0.1) is 0 Å². The van der Waals surface area contributed by atoms with Gasteiger partial charge in [0.05, 0.1) is 0 Å². The third kappa shape index (κ3) is 4.22. The number of furan rings is 1. The topological polar surface area (TPSA) is 22.4 Å². The fourth-order valence-corrected chi connectivity index (χ4v) is 8.27. The van der Waals surface area contributed by atoms with Gasteiger partial charge in [0.1, 0.15) is 23.0 Å². The largest absolute Gasteiger partial charge is 0.485 e. The molecule has 0 amide bonds. The molecular weight excluding hydrogens is 609 g/mol. The first-order chi connectivity index (χ1) is 24.7. The molecule has 1 aromatic heterocycles. The van der Waals surface area contributed by atoms with E-state index in [0.717, 1.165) is 27.7 Å². The Kier molecular flexibility index (Phi) is 5.82. The van der Waals surface area contributed by atoms with Crippen LogP contribution >= 0.6 is 0 Å². The van der Waals surface area contributed by atoms with Gasteiger partial charge in [-0.05, 0) is 114 Å². The van der Waals surface area contributed by atoms with Crippen LogP contribution in [0.4, 0.5) is 0 Å². The van der Waals surface area contributed by atoms with Crippen LogP contribution in [0.5, 0.6) is 5.75 Å². The van der Waals surface area contributed by atoms with Crippen LogP contribution in [0, 0.1) is 0 Å². The van der Waals surface area contributed by atoms with Crippen molar-refractivity contribution in [3.63, 3.8) is 0 Å². The van der Waals surface area contributed by atoms with Gasteiger partial charge in [0, 0.05) is 22.3 Å². The van der Waals surface area contributed by atoms with Crippen LogP contribution in [0.3, 0.4) is 0 Å². The van der Waals surface area contributed by atoms with E-state index in [1.807, 2.05) is 0 Å². The van der Waals surface area contributed by atoms with Gasteiger partial charge in [-0.2, -0.15) is 0 Å². The molecule has 2 atom stereocenters. The minimum absolute atomic E-state index is 0.0349. The molecule has 8 aromatic carbocycles. The molecule has 11 rings (SSSR count). The Morgan fingerprint density at radius 2 is 1.18 bits per heavy atom. The zero-order chi connectivity index (χ0) is 32.8. The standard InChI is InChI=1S/C48H30O2/c1-2-9-30-22-32(17-16-29(30)8-1)34-19-21-46-42(25-34)44-28-47-43(27-48(44)50-46)41-24-33(18-20-45(41)49-47)31-11-7-12-35(23-31)40-26-36-10-3-4-13-37(36)38-14-5-6-15-39(38)40/h1-28,41,45H. The molecule has 2 unspecified atom stereocenters. The second-order valence-corrected chi connectivity index (χ2v) is 13.6. The molecule has 1 aliphatic carbocycles. The lowest BCUT2D eigenvalue weighted by Gasteiger charge is -2.19. The van der Waals surface area contributed by atoms with Crippen LogP contribution in [0.1, 0.15) is 17.0 Å². The fourth-order valence-electron chi connectivity index (χ4n) is 8.27. The first kappa shape index (κ1) is 27.6. The van der Waals surface area contributed by atoms with E-state index in [1.54, 1.807) is 0 Å². The molecule has 2 heterocycles. The third-order valence-electron chi connectivity index (χ3n) is 10.8. The molecule has 0 bridgehead atoms. The van der Waals surface area contributed by atoms with Crippen LogP contribution in [-0.4, -0.2) is 6.10 Å². The fraction of sp³-hybridized carbons (Fsp3) is 0.0417. The summed E-state index contributed by atoms with van der Waals surface area (Å²) < 4.78 is 13.1. The molecule has 1 aliphatic heterocycles. The Morgan fingerprint density at radius 1 is 0.440 bits per heavy atom. The molecule has 2 nitrogen and oxygen atoms in total. The van der Waals surface area contributed by atoms with Crippen molar-refractivity contribution in [3.8, 4) is 28.0 Å². The molecule has 0 saturated carbocycles. The molecular formula is C48H30O2. The second-order valence-electron chi connectivity index (χ2n) is 13.6. The highest BCUT2D eigenvalue weighted by Crippen LogP contribution is 2.47. The van der Waals surface area contributed by atoms with Crippen LogP contribution in [0.25, 0.3) is 82.1 Å². The number of ether oxygens (including phenoxy) is 1. The summed E-state index contributed by atoms with van der Waals surface area (Å²) in [5.41, 5.74) is 10.2. The summed E-state index contributed by atoms with van der Waals surface area (Å²) in [6, 6.07) is 54.8. The van der Waals surface area contributed by atoms with Crippen molar-refractivity contribution in [2.45, 2.75) is 12.0 Å². The van der Waals surface area contributed by atoms with Gasteiger partial charge in [0.2, 0.25) is 0 Å². The molecule has 0 spiro atoms. The number of fused-ring (bicyclic) bond motifs is 10. The maximum atomic E-state index is 6.59.